The average molecular weight is 327 g/mol. The van der Waals surface area contributed by atoms with E-state index in [-0.39, 0.29) is 11.9 Å². The molecule has 2 heterocycles. The summed E-state index contributed by atoms with van der Waals surface area (Å²) in [4.78, 5) is 14.4. The Labute approximate surface area is 140 Å². The van der Waals surface area contributed by atoms with Crippen molar-refractivity contribution in [3.8, 4) is 0 Å². The summed E-state index contributed by atoms with van der Waals surface area (Å²) in [6.45, 7) is 4.11. The Balaban J connectivity index is 1.84. The summed E-state index contributed by atoms with van der Waals surface area (Å²) in [6, 6.07) is 12.2. The second-order valence-electron chi connectivity index (χ2n) is 5.76. The van der Waals surface area contributed by atoms with Crippen molar-refractivity contribution in [2.45, 2.75) is 32.7 Å². The number of aryl methyl sites for hydroxylation is 2. The number of carbonyl (C=O) groups excluding carboxylic acids is 1. The number of nitrogens with zero attached hydrogens (tertiary/aromatic N) is 2. The van der Waals surface area contributed by atoms with E-state index in [4.69, 9.17) is 0 Å². The Bertz CT molecular complexity index is 785. The van der Waals surface area contributed by atoms with E-state index in [9.17, 15) is 4.79 Å². The van der Waals surface area contributed by atoms with Gasteiger partial charge in [-0.25, -0.2) is 0 Å². The molecule has 3 aromatic rings. The van der Waals surface area contributed by atoms with Gasteiger partial charge in [0, 0.05) is 12.4 Å². The molecular weight excluding hydrogens is 306 g/mol. The first-order valence-electron chi connectivity index (χ1n) is 7.89. The van der Waals surface area contributed by atoms with Crippen molar-refractivity contribution in [3.05, 3.63) is 52.5 Å². The minimum absolute atomic E-state index is 0.00657. The van der Waals surface area contributed by atoms with Crippen molar-refractivity contribution < 1.29 is 4.79 Å². The molecule has 0 aliphatic rings. The highest BCUT2D eigenvalue weighted by molar-refractivity contribution is 7.20. The van der Waals surface area contributed by atoms with Crippen LogP contribution in [-0.4, -0.2) is 15.7 Å². The SMILES string of the molecule is CCC[C@H](NC(=O)c1cc2c(C)nn(C)c2s1)c1ccccc1. The van der Waals surface area contributed by atoms with Crippen LogP contribution in [0.2, 0.25) is 0 Å². The summed E-state index contributed by atoms with van der Waals surface area (Å²) >= 11 is 1.50. The summed E-state index contributed by atoms with van der Waals surface area (Å²) in [5.74, 6) is -0.00657. The van der Waals surface area contributed by atoms with Crippen LogP contribution >= 0.6 is 11.3 Å². The lowest BCUT2D eigenvalue weighted by atomic mass is 10.0. The normalized spacial score (nSPS) is 12.5. The molecule has 1 amide bonds. The molecule has 0 saturated carbocycles. The van der Waals surface area contributed by atoms with Crippen LogP contribution in [0.4, 0.5) is 0 Å². The van der Waals surface area contributed by atoms with Gasteiger partial charge in [0.25, 0.3) is 5.91 Å². The molecule has 0 radical (unpaired) electrons. The molecule has 120 valence electrons. The molecule has 3 rings (SSSR count). The number of hydrogen-bond donors (Lipinski definition) is 1. The van der Waals surface area contributed by atoms with E-state index in [1.807, 2.05) is 42.9 Å². The smallest absolute Gasteiger partial charge is 0.261 e. The summed E-state index contributed by atoms with van der Waals surface area (Å²) in [7, 11) is 1.91. The van der Waals surface area contributed by atoms with Crippen molar-refractivity contribution in [2.75, 3.05) is 0 Å². The molecule has 0 fully saturated rings. The van der Waals surface area contributed by atoms with Crippen LogP contribution in [0.1, 0.15) is 46.7 Å². The molecule has 1 N–H and O–H groups in total. The van der Waals surface area contributed by atoms with Crippen molar-refractivity contribution in [1.82, 2.24) is 15.1 Å². The third kappa shape index (κ3) is 3.15. The molecule has 0 spiro atoms. The van der Waals surface area contributed by atoms with E-state index < -0.39 is 0 Å². The van der Waals surface area contributed by atoms with Crippen molar-refractivity contribution >= 4 is 27.5 Å². The van der Waals surface area contributed by atoms with E-state index in [0.29, 0.717) is 0 Å². The van der Waals surface area contributed by atoms with Gasteiger partial charge >= 0.3 is 0 Å². The van der Waals surface area contributed by atoms with Gasteiger partial charge in [0.2, 0.25) is 0 Å². The van der Waals surface area contributed by atoms with E-state index >= 15 is 0 Å². The Kier molecular flexibility index (Phi) is 4.48. The van der Waals surface area contributed by atoms with Gasteiger partial charge < -0.3 is 5.32 Å². The van der Waals surface area contributed by atoms with E-state index in [1.54, 1.807) is 0 Å². The monoisotopic (exact) mass is 327 g/mol. The van der Waals surface area contributed by atoms with Crippen molar-refractivity contribution in [2.24, 2.45) is 7.05 Å². The van der Waals surface area contributed by atoms with Gasteiger partial charge in [0.1, 0.15) is 4.83 Å². The first-order chi connectivity index (χ1) is 11.1. The highest BCUT2D eigenvalue weighted by Gasteiger charge is 2.18. The molecule has 5 heteroatoms. The van der Waals surface area contributed by atoms with E-state index in [0.717, 1.165) is 39.2 Å². The summed E-state index contributed by atoms with van der Waals surface area (Å²) in [5, 5.41) is 8.63. The molecule has 1 aromatic carbocycles. The Morgan fingerprint density at radius 3 is 2.74 bits per heavy atom. The largest absolute Gasteiger partial charge is 0.345 e. The van der Waals surface area contributed by atoms with Gasteiger partial charge in [-0.2, -0.15) is 5.10 Å². The molecule has 4 nitrogen and oxygen atoms in total. The fourth-order valence-electron chi connectivity index (χ4n) is 2.84. The van der Waals surface area contributed by atoms with E-state index in [2.05, 4.69) is 29.5 Å². The summed E-state index contributed by atoms with van der Waals surface area (Å²) in [5.41, 5.74) is 2.12. The summed E-state index contributed by atoms with van der Waals surface area (Å²) < 4.78 is 1.84. The van der Waals surface area contributed by atoms with Crippen LogP contribution in [0, 0.1) is 6.92 Å². The molecule has 23 heavy (non-hydrogen) atoms. The first-order valence-corrected chi connectivity index (χ1v) is 8.70. The van der Waals surface area contributed by atoms with Crippen molar-refractivity contribution in [1.29, 1.82) is 0 Å². The minimum atomic E-state index is -0.00657. The molecule has 1 atom stereocenters. The number of thiophene rings is 1. The van der Waals surface area contributed by atoms with Gasteiger partial charge in [0.15, 0.2) is 0 Å². The quantitative estimate of drug-likeness (QED) is 0.763. The maximum atomic E-state index is 12.7. The van der Waals surface area contributed by atoms with Gasteiger partial charge in [-0.05, 0) is 25.0 Å². The Morgan fingerprint density at radius 2 is 2.09 bits per heavy atom. The predicted molar refractivity (Wildman–Crippen MR) is 94.9 cm³/mol. The highest BCUT2D eigenvalue weighted by atomic mass is 32.1. The third-order valence-electron chi connectivity index (χ3n) is 4.00. The Morgan fingerprint density at radius 1 is 1.35 bits per heavy atom. The molecule has 0 aliphatic carbocycles. The number of fused-ring (bicyclic) bond motifs is 1. The number of rotatable bonds is 5. The third-order valence-corrected chi connectivity index (χ3v) is 5.21. The van der Waals surface area contributed by atoms with Gasteiger partial charge in [-0.15, -0.1) is 11.3 Å². The number of hydrogen-bond acceptors (Lipinski definition) is 3. The van der Waals surface area contributed by atoms with Crippen LogP contribution in [0.15, 0.2) is 36.4 Å². The first kappa shape index (κ1) is 15.7. The zero-order valence-electron chi connectivity index (χ0n) is 13.7. The fourth-order valence-corrected chi connectivity index (χ4v) is 3.87. The number of benzene rings is 1. The number of nitrogens with one attached hydrogen (secondary N) is 1. The standard InChI is InChI=1S/C18H21N3OS/c1-4-8-15(13-9-6-5-7-10-13)19-17(22)16-11-14-12(2)20-21(3)18(14)23-16/h5-7,9-11,15H,4,8H2,1-3H3,(H,19,22)/t15-/m0/s1. The molecule has 0 aliphatic heterocycles. The second-order valence-corrected chi connectivity index (χ2v) is 6.79. The maximum Gasteiger partial charge on any atom is 0.261 e. The Hall–Kier alpha value is -2.14. The lowest BCUT2D eigenvalue weighted by Gasteiger charge is -2.18. The van der Waals surface area contributed by atoms with E-state index in [1.165, 1.54) is 11.3 Å². The summed E-state index contributed by atoms with van der Waals surface area (Å²) in [6.07, 6.45) is 1.95. The molecule has 2 aromatic heterocycles. The van der Waals surface area contributed by atoms with Crippen LogP contribution in [0.3, 0.4) is 0 Å². The lowest BCUT2D eigenvalue weighted by Crippen LogP contribution is -2.27. The minimum Gasteiger partial charge on any atom is -0.345 e. The molecule has 0 unspecified atom stereocenters. The maximum absolute atomic E-state index is 12.7. The van der Waals surface area contributed by atoms with Gasteiger partial charge in [-0.1, -0.05) is 43.7 Å². The zero-order chi connectivity index (χ0) is 16.4. The van der Waals surface area contributed by atoms with Crippen LogP contribution in [0.5, 0.6) is 0 Å². The molecule has 0 bridgehead atoms. The second kappa shape index (κ2) is 6.54. The van der Waals surface area contributed by atoms with Gasteiger partial charge in [-0.3, -0.25) is 9.48 Å². The predicted octanol–water partition coefficient (Wildman–Crippen LogP) is 4.21. The zero-order valence-corrected chi connectivity index (χ0v) is 14.5. The highest BCUT2D eigenvalue weighted by Crippen LogP contribution is 2.28. The average Bonchev–Trinajstić information content (AvgIpc) is 3.10. The number of aromatic nitrogens is 2. The fraction of sp³-hybridized carbons (Fsp3) is 0.333. The lowest BCUT2D eigenvalue weighted by molar-refractivity contribution is 0.0938. The molecule has 0 saturated heterocycles. The van der Waals surface area contributed by atoms with Crippen molar-refractivity contribution in [3.63, 3.8) is 0 Å². The number of carbonyl (C=O) groups is 1. The van der Waals surface area contributed by atoms with Gasteiger partial charge in [0.05, 0.1) is 16.6 Å². The molecular formula is C18H21N3OS. The topological polar surface area (TPSA) is 46.9 Å². The van der Waals surface area contributed by atoms with Crippen LogP contribution in [0.25, 0.3) is 10.2 Å². The van der Waals surface area contributed by atoms with Crippen LogP contribution in [-0.2, 0) is 7.05 Å². The van der Waals surface area contributed by atoms with Crippen LogP contribution < -0.4 is 5.32 Å². The number of amides is 1.